The van der Waals surface area contributed by atoms with E-state index in [0.717, 1.165) is 49.2 Å². The van der Waals surface area contributed by atoms with Crippen molar-refractivity contribution in [3.8, 4) is 11.3 Å². The topological polar surface area (TPSA) is 78.8 Å². The molecule has 1 aromatic heterocycles. The van der Waals surface area contributed by atoms with E-state index in [2.05, 4.69) is 34.1 Å². The summed E-state index contributed by atoms with van der Waals surface area (Å²) in [7, 11) is -1.95. The molecule has 1 aliphatic rings. The standard InChI is InChI=1S/C37H39N5O3S/c1-39(34-21-23-40(24-22-34)25-30-11-5-2-6-12-30)37(43)41-28-36(38-29-41)33-17-19-35(20-18-33)46(44,45)42(26-31-13-7-3-8-14-31)27-32-15-9-4-10-16-32/h2-20,28-29,34H,21-27H2,1H3. The van der Waals surface area contributed by atoms with Crippen LogP contribution in [0.25, 0.3) is 11.3 Å². The highest BCUT2D eigenvalue weighted by Crippen LogP contribution is 2.25. The van der Waals surface area contributed by atoms with Crippen LogP contribution in [0.2, 0.25) is 0 Å². The van der Waals surface area contributed by atoms with Gasteiger partial charge in [0.15, 0.2) is 0 Å². The van der Waals surface area contributed by atoms with Crippen LogP contribution in [0.5, 0.6) is 0 Å². The summed E-state index contributed by atoms with van der Waals surface area (Å²) in [6, 6.07) is 36.4. The molecule has 0 atom stereocenters. The Bertz CT molecular complexity index is 1780. The molecule has 6 rings (SSSR count). The fourth-order valence-electron chi connectivity index (χ4n) is 5.97. The van der Waals surface area contributed by atoms with Gasteiger partial charge in [-0.15, -0.1) is 0 Å². The van der Waals surface area contributed by atoms with Crippen LogP contribution >= 0.6 is 0 Å². The van der Waals surface area contributed by atoms with Gasteiger partial charge in [0.1, 0.15) is 6.33 Å². The van der Waals surface area contributed by atoms with E-state index in [0.29, 0.717) is 5.69 Å². The zero-order valence-electron chi connectivity index (χ0n) is 26.0. The van der Waals surface area contributed by atoms with Crippen molar-refractivity contribution in [1.29, 1.82) is 0 Å². The third-order valence-electron chi connectivity index (χ3n) is 8.65. The second-order valence-corrected chi connectivity index (χ2v) is 13.8. The quantitative estimate of drug-likeness (QED) is 0.175. The molecule has 2 heterocycles. The van der Waals surface area contributed by atoms with Crippen molar-refractivity contribution >= 4 is 16.1 Å². The summed E-state index contributed by atoms with van der Waals surface area (Å²) in [5, 5.41) is 0. The average molecular weight is 634 g/mol. The van der Waals surface area contributed by atoms with Crippen molar-refractivity contribution < 1.29 is 13.2 Å². The lowest BCUT2D eigenvalue weighted by Gasteiger charge is -2.36. The minimum atomic E-state index is -3.81. The summed E-state index contributed by atoms with van der Waals surface area (Å²) >= 11 is 0. The van der Waals surface area contributed by atoms with Gasteiger partial charge < -0.3 is 4.90 Å². The molecule has 0 radical (unpaired) electrons. The highest BCUT2D eigenvalue weighted by Gasteiger charge is 2.27. The zero-order chi connectivity index (χ0) is 31.9. The summed E-state index contributed by atoms with van der Waals surface area (Å²) in [4.78, 5) is 22.3. The lowest BCUT2D eigenvalue weighted by molar-refractivity contribution is 0.132. The van der Waals surface area contributed by atoms with Gasteiger partial charge in [-0.05, 0) is 41.7 Å². The van der Waals surface area contributed by atoms with E-state index in [1.807, 2.05) is 78.7 Å². The summed E-state index contributed by atoms with van der Waals surface area (Å²) in [5.41, 5.74) is 4.47. The number of benzene rings is 4. The molecule has 0 unspecified atom stereocenters. The van der Waals surface area contributed by atoms with E-state index >= 15 is 0 Å². The molecule has 8 nitrogen and oxygen atoms in total. The van der Waals surface area contributed by atoms with Crippen LogP contribution in [0.3, 0.4) is 0 Å². The van der Waals surface area contributed by atoms with Crippen LogP contribution < -0.4 is 0 Å². The summed E-state index contributed by atoms with van der Waals surface area (Å²) in [6.07, 6.45) is 5.07. The van der Waals surface area contributed by atoms with E-state index in [9.17, 15) is 13.2 Å². The molecule has 9 heteroatoms. The number of sulfonamides is 1. The molecule has 0 aliphatic carbocycles. The third kappa shape index (κ3) is 7.45. The van der Waals surface area contributed by atoms with E-state index in [1.54, 1.807) is 30.5 Å². The number of piperidine rings is 1. The third-order valence-corrected chi connectivity index (χ3v) is 10.5. The number of hydrogen-bond donors (Lipinski definition) is 0. The SMILES string of the molecule is CN(C(=O)n1cnc(-c2ccc(S(=O)(=O)N(Cc3ccccc3)Cc3ccccc3)cc2)c1)C1CCN(Cc2ccccc2)CC1. The van der Waals surface area contributed by atoms with Crippen molar-refractivity contribution in [2.45, 2.75) is 43.4 Å². The Balaban J connectivity index is 1.11. The lowest BCUT2D eigenvalue weighted by Crippen LogP contribution is -2.46. The van der Waals surface area contributed by atoms with Crippen LogP contribution in [-0.4, -0.2) is 64.3 Å². The second kappa shape index (κ2) is 14.2. The summed E-state index contributed by atoms with van der Waals surface area (Å²) in [6.45, 7) is 3.32. The predicted octanol–water partition coefficient (Wildman–Crippen LogP) is 6.51. The number of nitrogens with zero attached hydrogens (tertiary/aromatic N) is 5. The van der Waals surface area contributed by atoms with Crippen LogP contribution in [-0.2, 0) is 29.7 Å². The molecular weight excluding hydrogens is 595 g/mol. The predicted molar refractivity (Wildman–Crippen MR) is 180 cm³/mol. The lowest BCUT2D eigenvalue weighted by atomic mass is 10.0. The number of rotatable bonds is 10. The maximum Gasteiger partial charge on any atom is 0.329 e. The van der Waals surface area contributed by atoms with Gasteiger partial charge in [0.05, 0.1) is 10.6 Å². The molecule has 0 bridgehead atoms. The van der Waals surface area contributed by atoms with Gasteiger partial charge in [0.2, 0.25) is 10.0 Å². The fraction of sp³-hybridized carbons (Fsp3) is 0.243. The highest BCUT2D eigenvalue weighted by molar-refractivity contribution is 7.89. The molecule has 236 valence electrons. The Morgan fingerprint density at radius 1 is 0.761 bits per heavy atom. The molecule has 0 spiro atoms. The molecular formula is C37H39N5O3S. The summed E-state index contributed by atoms with van der Waals surface area (Å²) < 4.78 is 30.8. The monoisotopic (exact) mass is 633 g/mol. The largest absolute Gasteiger partial charge is 0.329 e. The van der Waals surface area contributed by atoms with Crippen molar-refractivity contribution in [1.82, 2.24) is 23.7 Å². The van der Waals surface area contributed by atoms with Crippen LogP contribution in [0.15, 0.2) is 133 Å². The van der Waals surface area contributed by atoms with Crippen LogP contribution in [0.1, 0.15) is 29.5 Å². The van der Waals surface area contributed by atoms with Crippen LogP contribution in [0.4, 0.5) is 4.79 Å². The number of carbonyl (C=O) groups excluding carboxylic acids is 1. The Morgan fingerprint density at radius 3 is 1.83 bits per heavy atom. The maximum atomic E-state index is 13.9. The number of aromatic nitrogens is 2. The van der Waals surface area contributed by atoms with Gasteiger partial charge in [0, 0.05) is 57.6 Å². The molecule has 4 aromatic carbocycles. The molecule has 1 aliphatic heterocycles. The first kappa shape index (κ1) is 31.4. The van der Waals surface area contributed by atoms with Gasteiger partial charge in [-0.1, -0.05) is 103 Å². The first-order valence-corrected chi connectivity index (χ1v) is 17.1. The Labute approximate surface area is 271 Å². The van der Waals surface area contributed by atoms with Crippen molar-refractivity contribution in [3.05, 3.63) is 144 Å². The molecule has 46 heavy (non-hydrogen) atoms. The molecule has 1 fully saturated rings. The first-order chi connectivity index (χ1) is 22.4. The molecule has 1 amide bonds. The number of hydrogen-bond acceptors (Lipinski definition) is 5. The van der Waals surface area contributed by atoms with Gasteiger partial charge in [-0.2, -0.15) is 4.31 Å². The zero-order valence-corrected chi connectivity index (χ0v) is 26.8. The minimum absolute atomic E-state index is 0.128. The molecule has 0 saturated carbocycles. The Hall–Kier alpha value is -4.57. The normalized spacial score (nSPS) is 14.4. The van der Waals surface area contributed by atoms with E-state index in [-0.39, 0.29) is 30.1 Å². The maximum absolute atomic E-state index is 13.9. The smallest absolute Gasteiger partial charge is 0.324 e. The number of imidazole rings is 1. The van der Waals surface area contributed by atoms with Gasteiger partial charge in [0.25, 0.3) is 0 Å². The molecule has 1 saturated heterocycles. The second-order valence-electron chi connectivity index (χ2n) is 11.8. The summed E-state index contributed by atoms with van der Waals surface area (Å²) in [5.74, 6) is 0. The number of likely N-dealkylation sites (tertiary alicyclic amines) is 1. The van der Waals surface area contributed by atoms with Crippen molar-refractivity contribution in [2.75, 3.05) is 20.1 Å². The molecule has 5 aromatic rings. The van der Waals surface area contributed by atoms with E-state index < -0.39 is 10.0 Å². The van der Waals surface area contributed by atoms with Crippen LogP contribution in [0, 0.1) is 0 Å². The van der Waals surface area contributed by atoms with Gasteiger partial charge in [-0.3, -0.25) is 9.47 Å². The number of carbonyl (C=O) groups is 1. The first-order valence-electron chi connectivity index (χ1n) is 15.6. The molecule has 0 N–H and O–H groups in total. The highest BCUT2D eigenvalue weighted by atomic mass is 32.2. The van der Waals surface area contributed by atoms with Crippen molar-refractivity contribution in [2.24, 2.45) is 0 Å². The minimum Gasteiger partial charge on any atom is -0.324 e. The van der Waals surface area contributed by atoms with Gasteiger partial charge >= 0.3 is 6.03 Å². The average Bonchev–Trinajstić information content (AvgIpc) is 3.60. The fourth-order valence-corrected chi connectivity index (χ4v) is 7.38. The van der Waals surface area contributed by atoms with E-state index in [1.165, 1.54) is 20.8 Å². The van der Waals surface area contributed by atoms with E-state index in [4.69, 9.17) is 0 Å². The Morgan fingerprint density at radius 2 is 1.28 bits per heavy atom. The number of amides is 1. The van der Waals surface area contributed by atoms with Gasteiger partial charge in [-0.25, -0.2) is 18.2 Å². The van der Waals surface area contributed by atoms with Crippen molar-refractivity contribution in [3.63, 3.8) is 0 Å². The Kier molecular flexibility index (Phi) is 9.73.